The zero-order valence-corrected chi connectivity index (χ0v) is 11.0. The Hall–Kier alpha value is -1.75. The van der Waals surface area contributed by atoms with Gasteiger partial charge >= 0.3 is 0 Å². The second-order valence-electron chi connectivity index (χ2n) is 3.99. The minimum atomic E-state index is -0.185. The van der Waals surface area contributed by atoms with E-state index in [0.717, 1.165) is 5.75 Å². The van der Waals surface area contributed by atoms with Crippen molar-refractivity contribution in [2.45, 2.75) is 19.2 Å². The SMILES string of the molecule is C=CCN1C(=S)N=NC1C(C)Oc1ccccc1. The Morgan fingerprint density at radius 2 is 2.22 bits per heavy atom. The molecule has 1 aromatic rings. The van der Waals surface area contributed by atoms with Gasteiger partial charge in [-0.3, -0.25) is 0 Å². The third-order valence-corrected chi connectivity index (χ3v) is 2.95. The third-order valence-electron chi connectivity index (χ3n) is 2.64. The van der Waals surface area contributed by atoms with Gasteiger partial charge in [-0.2, -0.15) is 5.11 Å². The van der Waals surface area contributed by atoms with Gasteiger partial charge in [0.2, 0.25) is 5.11 Å². The molecule has 1 heterocycles. The number of benzene rings is 1. The maximum absolute atomic E-state index is 5.83. The number of hydrogen-bond acceptors (Lipinski definition) is 3. The minimum absolute atomic E-state index is 0.128. The zero-order chi connectivity index (χ0) is 13.0. The van der Waals surface area contributed by atoms with E-state index in [1.165, 1.54) is 0 Å². The molecule has 0 radical (unpaired) electrons. The molecule has 1 aromatic carbocycles. The number of para-hydroxylation sites is 1. The topological polar surface area (TPSA) is 37.2 Å². The number of hydrogen-bond donors (Lipinski definition) is 0. The summed E-state index contributed by atoms with van der Waals surface area (Å²) >= 11 is 5.13. The molecule has 2 rings (SSSR count). The molecule has 1 aliphatic heterocycles. The van der Waals surface area contributed by atoms with E-state index in [1.54, 1.807) is 6.08 Å². The first-order chi connectivity index (χ1) is 8.72. The smallest absolute Gasteiger partial charge is 0.218 e. The lowest BCUT2D eigenvalue weighted by atomic mass is 10.2. The van der Waals surface area contributed by atoms with Gasteiger partial charge in [0.25, 0.3) is 0 Å². The molecule has 0 saturated carbocycles. The molecule has 0 N–H and O–H groups in total. The Balaban J connectivity index is 2.04. The maximum Gasteiger partial charge on any atom is 0.218 e. The Labute approximate surface area is 112 Å². The average molecular weight is 261 g/mol. The third kappa shape index (κ3) is 2.73. The Morgan fingerprint density at radius 1 is 1.50 bits per heavy atom. The van der Waals surface area contributed by atoms with E-state index in [4.69, 9.17) is 17.0 Å². The van der Waals surface area contributed by atoms with Crippen molar-refractivity contribution in [2.24, 2.45) is 10.2 Å². The highest BCUT2D eigenvalue weighted by Crippen LogP contribution is 2.20. The van der Waals surface area contributed by atoms with Crippen molar-refractivity contribution in [3.05, 3.63) is 43.0 Å². The largest absolute Gasteiger partial charge is 0.486 e. The second-order valence-corrected chi connectivity index (χ2v) is 4.35. The lowest BCUT2D eigenvalue weighted by Gasteiger charge is -2.26. The number of rotatable bonds is 5. The molecule has 0 spiro atoms. The molecular formula is C13H15N3OS. The predicted molar refractivity (Wildman–Crippen MR) is 74.7 cm³/mol. The predicted octanol–water partition coefficient (Wildman–Crippen LogP) is 3.02. The Bertz CT molecular complexity index is 461. The summed E-state index contributed by atoms with van der Waals surface area (Å²) in [6.45, 7) is 6.29. The van der Waals surface area contributed by atoms with Crippen LogP contribution in [0.4, 0.5) is 0 Å². The van der Waals surface area contributed by atoms with Crippen molar-refractivity contribution in [1.82, 2.24) is 4.90 Å². The number of nitrogens with zero attached hydrogens (tertiary/aromatic N) is 3. The van der Waals surface area contributed by atoms with Crippen molar-refractivity contribution in [3.63, 3.8) is 0 Å². The van der Waals surface area contributed by atoms with Crippen LogP contribution in [0, 0.1) is 0 Å². The fraction of sp³-hybridized carbons (Fsp3) is 0.308. The fourth-order valence-corrected chi connectivity index (χ4v) is 2.02. The molecule has 94 valence electrons. The summed E-state index contributed by atoms with van der Waals surface area (Å²) in [6.07, 6.45) is 1.47. The van der Waals surface area contributed by atoms with Gasteiger partial charge in [-0.15, -0.1) is 11.7 Å². The van der Waals surface area contributed by atoms with Gasteiger partial charge in [-0.1, -0.05) is 24.3 Å². The molecule has 18 heavy (non-hydrogen) atoms. The van der Waals surface area contributed by atoms with Crippen molar-refractivity contribution in [2.75, 3.05) is 6.54 Å². The van der Waals surface area contributed by atoms with Crippen LogP contribution in [-0.2, 0) is 0 Å². The molecule has 0 aromatic heterocycles. The summed E-state index contributed by atoms with van der Waals surface area (Å²) in [6, 6.07) is 9.65. The molecule has 0 aliphatic carbocycles. The summed E-state index contributed by atoms with van der Waals surface area (Å²) < 4.78 is 5.83. The molecule has 0 amide bonds. The van der Waals surface area contributed by atoms with E-state index in [9.17, 15) is 0 Å². The summed E-state index contributed by atoms with van der Waals surface area (Å²) in [4.78, 5) is 1.90. The minimum Gasteiger partial charge on any atom is -0.486 e. The van der Waals surface area contributed by atoms with Gasteiger partial charge < -0.3 is 9.64 Å². The lowest BCUT2D eigenvalue weighted by molar-refractivity contribution is 0.136. The van der Waals surface area contributed by atoms with Crippen molar-refractivity contribution >= 4 is 17.3 Å². The molecule has 1 aliphatic rings. The van der Waals surface area contributed by atoms with Crippen LogP contribution in [0.3, 0.4) is 0 Å². The molecule has 0 bridgehead atoms. The van der Waals surface area contributed by atoms with E-state index in [1.807, 2.05) is 42.2 Å². The second kappa shape index (κ2) is 5.73. The maximum atomic E-state index is 5.83. The fourth-order valence-electron chi connectivity index (χ4n) is 1.79. The molecule has 4 nitrogen and oxygen atoms in total. The summed E-state index contributed by atoms with van der Waals surface area (Å²) in [5.41, 5.74) is 0. The first-order valence-electron chi connectivity index (χ1n) is 5.76. The molecular weight excluding hydrogens is 246 g/mol. The number of ether oxygens (including phenoxy) is 1. The normalized spacial score (nSPS) is 19.9. The molecule has 5 heteroatoms. The van der Waals surface area contributed by atoms with Crippen LogP contribution < -0.4 is 4.74 Å². The van der Waals surface area contributed by atoms with E-state index in [0.29, 0.717) is 11.7 Å². The average Bonchev–Trinajstić information content (AvgIpc) is 2.73. The highest BCUT2D eigenvalue weighted by molar-refractivity contribution is 7.80. The zero-order valence-electron chi connectivity index (χ0n) is 10.2. The first-order valence-corrected chi connectivity index (χ1v) is 6.17. The van der Waals surface area contributed by atoms with Crippen LogP contribution in [0.5, 0.6) is 5.75 Å². The van der Waals surface area contributed by atoms with Crippen LogP contribution in [-0.4, -0.2) is 28.8 Å². The molecule has 0 saturated heterocycles. The van der Waals surface area contributed by atoms with Crippen molar-refractivity contribution < 1.29 is 4.74 Å². The van der Waals surface area contributed by atoms with Crippen molar-refractivity contribution in [1.29, 1.82) is 0 Å². The van der Waals surface area contributed by atoms with E-state index in [-0.39, 0.29) is 12.3 Å². The quantitative estimate of drug-likeness (QED) is 0.604. The first kappa shape index (κ1) is 12.7. The Morgan fingerprint density at radius 3 is 2.89 bits per heavy atom. The van der Waals surface area contributed by atoms with Gasteiger partial charge in [0.1, 0.15) is 11.9 Å². The molecule has 2 unspecified atom stereocenters. The Kier molecular flexibility index (Phi) is 4.04. The van der Waals surface area contributed by atoms with Crippen LogP contribution in [0.25, 0.3) is 0 Å². The number of azo groups is 1. The standard InChI is InChI=1S/C13H15N3OS/c1-3-9-16-12(14-15-13(16)18)10(2)17-11-7-5-4-6-8-11/h3-8,10,12H,1,9H2,2H3. The van der Waals surface area contributed by atoms with E-state index >= 15 is 0 Å². The monoisotopic (exact) mass is 261 g/mol. The van der Waals surface area contributed by atoms with Gasteiger partial charge in [0.15, 0.2) is 6.17 Å². The highest BCUT2D eigenvalue weighted by atomic mass is 32.1. The van der Waals surface area contributed by atoms with Crippen LogP contribution >= 0.6 is 12.2 Å². The summed E-state index contributed by atoms with van der Waals surface area (Å²) in [5, 5.41) is 8.57. The summed E-state index contributed by atoms with van der Waals surface area (Å²) in [5.74, 6) is 0.816. The van der Waals surface area contributed by atoms with E-state index in [2.05, 4.69) is 16.8 Å². The highest BCUT2D eigenvalue weighted by Gasteiger charge is 2.31. The lowest BCUT2D eigenvalue weighted by Crippen LogP contribution is -2.42. The summed E-state index contributed by atoms with van der Waals surface area (Å²) in [7, 11) is 0. The van der Waals surface area contributed by atoms with Crippen LogP contribution in [0.1, 0.15) is 6.92 Å². The van der Waals surface area contributed by atoms with E-state index < -0.39 is 0 Å². The van der Waals surface area contributed by atoms with Gasteiger partial charge in [-0.05, 0) is 31.3 Å². The number of thiocarbonyl (C=S) groups is 1. The van der Waals surface area contributed by atoms with Gasteiger partial charge in [-0.25, -0.2) is 0 Å². The van der Waals surface area contributed by atoms with Crippen LogP contribution in [0.2, 0.25) is 0 Å². The van der Waals surface area contributed by atoms with Crippen molar-refractivity contribution in [3.8, 4) is 5.75 Å². The van der Waals surface area contributed by atoms with Gasteiger partial charge in [0.05, 0.1) is 0 Å². The van der Waals surface area contributed by atoms with Gasteiger partial charge in [0, 0.05) is 6.54 Å². The van der Waals surface area contributed by atoms with Crippen LogP contribution in [0.15, 0.2) is 53.2 Å². The molecule has 2 atom stereocenters. The molecule has 0 fully saturated rings.